The van der Waals surface area contributed by atoms with Crippen molar-refractivity contribution in [3.63, 3.8) is 0 Å². The number of hydrogen-bond acceptors (Lipinski definition) is 3. The van der Waals surface area contributed by atoms with Gasteiger partial charge in [0.1, 0.15) is 5.15 Å². The summed E-state index contributed by atoms with van der Waals surface area (Å²) in [5.74, 6) is -1.01. The molecule has 5 heteroatoms. The first kappa shape index (κ1) is 9.86. The standard InChI is InChI=1S/C10H7ClN2O2/c1-5-6(10(14)15)4-7-8(13-5)2-3-12-9(7)11/h2-4H,1H3,(H,14,15). The van der Waals surface area contributed by atoms with E-state index in [1.165, 1.54) is 12.3 Å². The second-order valence-electron chi connectivity index (χ2n) is 3.09. The lowest BCUT2D eigenvalue weighted by molar-refractivity contribution is 0.0696. The molecule has 0 aliphatic rings. The maximum atomic E-state index is 10.9. The SMILES string of the molecule is Cc1nc2ccnc(Cl)c2cc1C(=O)O. The van der Waals surface area contributed by atoms with Gasteiger partial charge >= 0.3 is 5.97 Å². The largest absolute Gasteiger partial charge is 0.478 e. The van der Waals surface area contributed by atoms with Gasteiger partial charge in [-0.3, -0.25) is 4.98 Å². The molecule has 2 aromatic heterocycles. The number of carboxylic acids is 1. The number of fused-ring (bicyclic) bond motifs is 1. The molecule has 0 unspecified atom stereocenters. The molecule has 0 saturated carbocycles. The van der Waals surface area contributed by atoms with Crippen LogP contribution in [0.4, 0.5) is 0 Å². The Morgan fingerprint density at radius 2 is 2.27 bits per heavy atom. The van der Waals surface area contributed by atoms with E-state index in [4.69, 9.17) is 16.7 Å². The second-order valence-corrected chi connectivity index (χ2v) is 3.45. The van der Waals surface area contributed by atoms with Gasteiger partial charge in [-0.25, -0.2) is 9.78 Å². The first-order chi connectivity index (χ1) is 7.09. The molecule has 2 rings (SSSR count). The molecule has 0 aromatic carbocycles. The van der Waals surface area contributed by atoms with E-state index in [9.17, 15) is 4.79 Å². The molecular formula is C10H7ClN2O2. The Morgan fingerprint density at radius 1 is 1.53 bits per heavy atom. The van der Waals surface area contributed by atoms with Crippen LogP contribution >= 0.6 is 11.6 Å². The van der Waals surface area contributed by atoms with E-state index in [1.807, 2.05) is 0 Å². The number of aryl methyl sites for hydroxylation is 1. The lowest BCUT2D eigenvalue weighted by Gasteiger charge is -2.03. The Kier molecular flexibility index (Phi) is 2.28. The number of hydrogen-bond donors (Lipinski definition) is 1. The number of nitrogens with zero attached hydrogens (tertiary/aromatic N) is 2. The van der Waals surface area contributed by atoms with E-state index in [0.717, 1.165) is 0 Å². The van der Waals surface area contributed by atoms with Gasteiger partial charge in [-0.05, 0) is 19.1 Å². The summed E-state index contributed by atoms with van der Waals surface area (Å²) in [4.78, 5) is 18.9. The van der Waals surface area contributed by atoms with Gasteiger partial charge in [0, 0.05) is 11.6 Å². The molecule has 2 aromatic rings. The van der Waals surface area contributed by atoms with Gasteiger partial charge in [0.05, 0.1) is 16.8 Å². The lowest BCUT2D eigenvalue weighted by atomic mass is 10.1. The van der Waals surface area contributed by atoms with E-state index in [2.05, 4.69) is 9.97 Å². The van der Waals surface area contributed by atoms with Gasteiger partial charge in [0.15, 0.2) is 0 Å². The predicted octanol–water partition coefficient (Wildman–Crippen LogP) is 2.29. The average Bonchev–Trinajstić information content (AvgIpc) is 2.16. The molecule has 0 radical (unpaired) electrons. The maximum Gasteiger partial charge on any atom is 0.337 e. The van der Waals surface area contributed by atoms with Gasteiger partial charge < -0.3 is 5.11 Å². The van der Waals surface area contributed by atoms with Crippen LogP contribution in [-0.2, 0) is 0 Å². The van der Waals surface area contributed by atoms with Crippen molar-refractivity contribution < 1.29 is 9.90 Å². The number of aromatic nitrogens is 2. The normalized spacial score (nSPS) is 10.5. The zero-order valence-corrected chi connectivity index (χ0v) is 8.62. The van der Waals surface area contributed by atoms with Crippen LogP contribution in [0, 0.1) is 6.92 Å². The van der Waals surface area contributed by atoms with Gasteiger partial charge in [-0.2, -0.15) is 0 Å². The highest BCUT2D eigenvalue weighted by Gasteiger charge is 2.11. The van der Waals surface area contributed by atoms with Crippen LogP contribution in [0.3, 0.4) is 0 Å². The van der Waals surface area contributed by atoms with Crippen molar-refractivity contribution in [1.29, 1.82) is 0 Å². The minimum Gasteiger partial charge on any atom is -0.478 e. The third-order valence-corrected chi connectivity index (χ3v) is 2.42. The van der Waals surface area contributed by atoms with E-state index in [1.54, 1.807) is 13.0 Å². The van der Waals surface area contributed by atoms with Crippen LogP contribution in [0.2, 0.25) is 5.15 Å². The molecule has 0 saturated heterocycles. The Bertz CT molecular complexity index is 554. The van der Waals surface area contributed by atoms with Crippen molar-refractivity contribution in [3.05, 3.63) is 34.7 Å². The molecule has 76 valence electrons. The molecule has 0 spiro atoms. The lowest BCUT2D eigenvalue weighted by Crippen LogP contribution is -2.02. The van der Waals surface area contributed by atoms with E-state index in [-0.39, 0.29) is 10.7 Å². The molecule has 15 heavy (non-hydrogen) atoms. The summed E-state index contributed by atoms with van der Waals surface area (Å²) in [7, 11) is 0. The number of halogens is 1. The van der Waals surface area contributed by atoms with E-state index in [0.29, 0.717) is 16.6 Å². The number of carbonyl (C=O) groups is 1. The Balaban J connectivity index is 2.83. The predicted molar refractivity (Wildman–Crippen MR) is 56.2 cm³/mol. The second kappa shape index (κ2) is 3.47. The summed E-state index contributed by atoms with van der Waals surface area (Å²) in [5, 5.41) is 9.74. The van der Waals surface area contributed by atoms with E-state index >= 15 is 0 Å². The fourth-order valence-corrected chi connectivity index (χ4v) is 1.58. The molecule has 0 amide bonds. The zero-order chi connectivity index (χ0) is 11.0. The number of aromatic carboxylic acids is 1. The minimum atomic E-state index is -1.01. The Labute approximate surface area is 90.5 Å². The molecule has 0 atom stereocenters. The van der Waals surface area contributed by atoms with Crippen LogP contribution in [0.1, 0.15) is 16.1 Å². The Morgan fingerprint density at radius 3 is 2.93 bits per heavy atom. The summed E-state index contributed by atoms with van der Waals surface area (Å²) < 4.78 is 0. The first-order valence-corrected chi connectivity index (χ1v) is 4.62. The quantitative estimate of drug-likeness (QED) is 0.752. The Hall–Kier alpha value is -1.68. The van der Waals surface area contributed by atoms with E-state index < -0.39 is 5.97 Å². The first-order valence-electron chi connectivity index (χ1n) is 4.25. The summed E-state index contributed by atoms with van der Waals surface area (Å²) in [6.45, 7) is 1.65. The van der Waals surface area contributed by atoms with Gasteiger partial charge in [-0.15, -0.1) is 0 Å². The summed E-state index contributed by atoms with van der Waals surface area (Å²) in [5.41, 5.74) is 1.27. The topological polar surface area (TPSA) is 63.1 Å². The van der Waals surface area contributed by atoms with Crippen molar-refractivity contribution in [2.24, 2.45) is 0 Å². The van der Waals surface area contributed by atoms with Crippen molar-refractivity contribution in [3.8, 4) is 0 Å². The molecular weight excluding hydrogens is 216 g/mol. The molecule has 0 fully saturated rings. The maximum absolute atomic E-state index is 10.9. The van der Waals surface area contributed by atoms with Gasteiger partial charge in [0.25, 0.3) is 0 Å². The van der Waals surface area contributed by atoms with Crippen LogP contribution in [0.25, 0.3) is 10.9 Å². The summed E-state index contributed by atoms with van der Waals surface area (Å²) >= 11 is 5.84. The highest BCUT2D eigenvalue weighted by molar-refractivity contribution is 6.34. The highest BCUT2D eigenvalue weighted by atomic mass is 35.5. The number of pyridine rings is 2. The van der Waals surface area contributed by atoms with Crippen LogP contribution < -0.4 is 0 Å². The van der Waals surface area contributed by atoms with Crippen molar-refractivity contribution in [2.45, 2.75) is 6.92 Å². The van der Waals surface area contributed by atoms with Gasteiger partial charge in [0.2, 0.25) is 0 Å². The van der Waals surface area contributed by atoms with Crippen LogP contribution in [0.15, 0.2) is 18.3 Å². The van der Waals surface area contributed by atoms with Crippen molar-refractivity contribution in [2.75, 3.05) is 0 Å². The van der Waals surface area contributed by atoms with Crippen molar-refractivity contribution in [1.82, 2.24) is 9.97 Å². The zero-order valence-electron chi connectivity index (χ0n) is 7.86. The number of rotatable bonds is 1. The molecule has 0 aliphatic heterocycles. The summed E-state index contributed by atoms with van der Waals surface area (Å²) in [6, 6.07) is 3.19. The van der Waals surface area contributed by atoms with Crippen LogP contribution in [0.5, 0.6) is 0 Å². The molecule has 0 bridgehead atoms. The number of carboxylic acid groups (broad SMARTS) is 1. The minimum absolute atomic E-state index is 0.150. The average molecular weight is 223 g/mol. The molecule has 2 heterocycles. The summed E-state index contributed by atoms with van der Waals surface area (Å²) in [6.07, 6.45) is 1.54. The third-order valence-electron chi connectivity index (χ3n) is 2.12. The monoisotopic (exact) mass is 222 g/mol. The van der Waals surface area contributed by atoms with Gasteiger partial charge in [-0.1, -0.05) is 11.6 Å². The fourth-order valence-electron chi connectivity index (χ4n) is 1.38. The molecule has 1 N–H and O–H groups in total. The van der Waals surface area contributed by atoms with Crippen LogP contribution in [-0.4, -0.2) is 21.0 Å². The molecule has 0 aliphatic carbocycles. The molecule has 4 nitrogen and oxygen atoms in total. The fraction of sp³-hybridized carbons (Fsp3) is 0.100. The smallest absolute Gasteiger partial charge is 0.337 e. The highest BCUT2D eigenvalue weighted by Crippen LogP contribution is 2.22. The third kappa shape index (κ3) is 1.64. The van der Waals surface area contributed by atoms with Crippen molar-refractivity contribution >= 4 is 28.5 Å².